The minimum Gasteiger partial charge on any atom is -0.453 e. The van der Waals surface area contributed by atoms with Crippen molar-refractivity contribution in [2.75, 3.05) is 24.7 Å². The lowest BCUT2D eigenvalue weighted by Crippen LogP contribution is -2.24. The van der Waals surface area contributed by atoms with Crippen LogP contribution >= 0.6 is 11.3 Å². The molecule has 0 saturated heterocycles. The number of thiophene rings is 1. The van der Waals surface area contributed by atoms with Crippen molar-refractivity contribution < 1.29 is 9.53 Å². The summed E-state index contributed by atoms with van der Waals surface area (Å²) >= 11 is 1.19. The maximum Gasteiger partial charge on any atom is 0.349 e. The lowest BCUT2D eigenvalue weighted by molar-refractivity contribution is 0.0467. The van der Waals surface area contributed by atoms with Gasteiger partial charge in [-0.2, -0.15) is 15.0 Å². The molecule has 0 aliphatic carbocycles. The molecular formula is C19H23N7O3S. The summed E-state index contributed by atoms with van der Waals surface area (Å²) in [6.45, 7) is 2.28. The molecule has 2 N–H and O–H groups in total. The maximum absolute atomic E-state index is 13.0. The van der Waals surface area contributed by atoms with Gasteiger partial charge in [0.25, 0.3) is 5.56 Å². The van der Waals surface area contributed by atoms with Crippen LogP contribution in [0.15, 0.2) is 4.79 Å². The number of nitrogen functional groups attached to an aromatic ring is 1. The molecule has 4 rings (SSSR count). The molecule has 158 valence electrons. The highest BCUT2D eigenvalue weighted by atomic mass is 32.1. The van der Waals surface area contributed by atoms with Gasteiger partial charge in [0.15, 0.2) is 12.4 Å². The smallest absolute Gasteiger partial charge is 0.349 e. The number of carbonyl (C=O) groups is 1. The van der Waals surface area contributed by atoms with Crippen molar-refractivity contribution in [3.63, 3.8) is 0 Å². The Hall–Kier alpha value is -3.08. The molecule has 11 heteroatoms. The Labute approximate surface area is 176 Å². The summed E-state index contributed by atoms with van der Waals surface area (Å²) in [6, 6.07) is 0. The third-order valence-electron chi connectivity index (χ3n) is 5.02. The number of aryl methyl sites for hydroxylation is 2. The van der Waals surface area contributed by atoms with E-state index in [1.165, 1.54) is 11.3 Å². The number of carbonyl (C=O) groups excluding carboxylic acids is 1. The summed E-state index contributed by atoms with van der Waals surface area (Å²) in [5.41, 5.74) is 6.22. The van der Waals surface area contributed by atoms with Crippen LogP contribution in [0.1, 0.15) is 46.1 Å². The first-order chi connectivity index (χ1) is 14.3. The van der Waals surface area contributed by atoms with Crippen molar-refractivity contribution >= 4 is 39.4 Å². The fourth-order valence-electron chi connectivity index (χ4n) is 3.49. The molecule has 4 heterocycles. The van der Waals surface area contributed by atoms with E-state index in [1.807, 2.05) is 0 Å². The van der Waals surface area contributed by atoms with Crippen molar-refractivity contribution in [1.29, 1.82) is 0 Å². The first kappa shape index (κ1) is 20.2. The van der Waals surface area contributed by atoms with Crippen LogP contribution in [-0.4, -0.2) is 44.6 Å². The summed E-state index contributed by atoms with van der Waals surface area (Å²) in [4.78, 5) is 45.3. The van der Waals surface area contributed by atoms with Gasteiger partial charge in [-0.15, -0.1) is 11.3 Å². The Morgan fingerprint density at radius 1 is 1.20 bits per heavy atom. The first-order valence-corrected chi connectivity index (χ1v) is 10.5. The molecule has 0 saturated carbocycles. The number of ether oxygens (including phenoxy) is 1. The Kier molecular flexibility index (Phi) is 5.37. The van der Waals surface area contributed by atoms with Crippen molar-refractivity contribution in [3.8, 4) is 0 Å². The monoisotopic (exact) mass is 429 g/mol. The molecule has 0 atom stereocenters. The first-order valence-electron chi connectivity index (χ1n) is 9.73. The minimum absolute atomic E-state index is 0.0523. The zero-order chi connectivity index (χ0) is 21.4. The number of nitrogens with zero attached hydrogens (tertiary/aromatic N) is 6. The number of anilines is 2. The molecule has 0 radical (unpaired) electrons. The van der Waals surface area contributed by atoms with Crippen molar-refractivity contribution in [3.05, 3.63) is 32.4 Å². The Balaban J connectivity index is 1.62. The molecule has 30 heavy (non-hydrogen) atoms. The van der Waals surface area contributed by atoms with E-state index in [2.05, 4.69) is 19.9 Å². The van der Waals surface area contributed by atoms with Crippen LogP contribution in [-0.2, 0) is 24.3 Å². The van der Waals surface area contributed by atoms with Crippen molar-refractivity contribution in [2.45, 2.75) is 45.8 Å². The van der Waals surface area contributed by atoms with Gasteiger partial charge in [-0.1, -0.05) is 6.42 Å². The molecule has 3 aromatic rings. The molecule has 0 unspecified atom stereocenters. The zero-order valence-electron chi connectivity index (χ0n) is 17.1. The van der Waals surface area contributed by atoms with Gasteiger partial charge >= 0.3 is 5.97 Å². The molecular weight excluding hydrogens is 406 g/mol. The second kappa shape index (κ2) is 7.98. The third-order valence-corrected chi connectivity index (χ3v) is 6.18. The Bertz CT molecular complexity index is 1190. The predicted molar refractivity (Wildman–Crippen MR) is 114 cm³/mol. The average molecular weight is 430 g/mol. The van der Waals surface area contributed by atoms with Gasteiger partial charge in [0.05, 0.1) is 5.39 Å². The lowest BCUT2D eigenvalue weighted by atomic mass is 10.2. The zero-order valence-corrected chi connectivity index (χ0v) is 18.0. The van der Waals surface area contributed by atoms with E-state index in [-0.39, 0.29) is 23.9 Å². The summed E-state index contributed by atoms with van der Waals surface area (Å²) < 4.78 is 7.16. The van der Waals surface area contributed by atoms with E-state index in [0.717, 1.165) is 31.5 Å². The van der Waals surface area contributed by atoms with Crippen LogP contribution < -0.4 is 16.2 Å². The lowest BCUT2D eigenvalue weighted by Gasteiger charge is -2.11. The summed E-state index contributed by atoms with van der Waals surface area (Å²) in [6.07, 6.45) is 3.84. The average Bonchev–Trinajstić information content (AvgIpc) is 2.87. The standard InChI is InChI=1S/C19H23N7O3S/c1-10-13-15(23-12-7-5-4-6-8-26(12)16(13)27)30-14(10)17(28)29-9-11-21-18(20)24-19(22-11)25(2)3/h4-9H2,1-3H3,(H2,20,21,22,24). The number of hydrogen-bond donors (Lipinski definition) is 1. The molecule has 0 spiro atoms. The fraction of sp³-hybridized carbons (Fsp3) is 0.474. The molecule has 0 aromatic carbocycles. The second-order valence-electron chi connectivity index (χ2n) is 7.41. The van der Waals surface area contributed by atoms with Crippen molar-refractivity contribution in [1.82, 2.24) is 24.5 Å². The Morgan fingerprint density at radius 3 is 2.77 bits per heavy atom. The molecule has 0 bridgehead atoms. The molecule has 10 nitrogen and oxygen atoms in total. The Morgan fingerprint density at radius 2 is 2.00 bits per heavy atom. The van der Waals surface area contributed by atoms with Crippen LogP contribution in [0, 0.1) is 6.92 Å². The van der Waals surface area contributed by atoms with E-state index in [1.54, 1.807) is 30.5 Å². The molecule has 1 aliphatic rings. The second-order valence-corrected chi connectivity index (χ2v) is 8.41. The SMILES string of the molecule is Cc1c(C(=O)OCc2nc(N)nc(N(C)C)n2)sc2nc3n(c(=O)c12)CCCCC3. The number of aromatic nitrogens is 5. The van der Waals surface area contributed by atoms with Crippen LogP contribution in [0.2, 0.25) is 0 Å². The molecule has 1 aliphatic heterocycles. The normalized spacial score (nSPS) is 13.7. The van der Waals surface area contributed by atoms with Crippen LogP contribution in [0.25, 0.3) is 10.2 Å². The number of fused-ring (bicyclic) bond motifs is 2. The number of hydrogen-bond acceptors (Lipinski definition) is 10. The molecule has 0 amide bonds. The van der Waals surface area contributed by atoms with Gasteiger partial charge in [0, 0.05) is 27.1 Å². The van der Waals surface area contributed by atoms with E-state index in [0.29, 0.717) is 33.2 Å². The van der Waals surface area contributed by atoms with E-state index in [9.17, 15) is 9.59 Å². The molecule has 0 fully saturated rings. The summed E-state index contributed by atoms with van der Waals surface area (Å²) in [5.74, 6) is 0.938. The highest BCUT2D eigenvalue weighted by Gasteiger charge is 2.23. The van der Waals surface area contributed by atoms with E-state index < -0.39 is 5.97 Å². The molecule has 3 aromatic heterocycles. The third kappa shape index (κ3) is 3.72. The van der Waals surface area contributed by atoms with Crippen LogP contribution in [0.3, 0.4) is 0 Å². The van der Waals surface area contributed by atoms with Gasteiger partial charge in [0.1, 0.15) is 15.5 Å². The van der Waals surface area contributed by atoms with Crippen LogP contribution in [0.5, 0.6) is 0 Å². The largest absolute Gasteiger partial charge is 0.453 e. The topological polar surface area (TPSA) is 129 Å². The number of rotatable bonds is 4. The van der Waals surface area contributed by atoms with Crippen molar-refractivity contribution in [2.24, 2.45) is 0 Å². The summed E-state index contributed by atoms with van der Waals surface area (Å²) in [7, 11) is 3.55. The fourth-order valence-corrected chi connectivity index (χ4v) is 4.57. The quantitative estimate of drug-likeness (QED) is 0.616. The van der Waals surface area contributed by atoms with Gasteiger partial charge in [0.2, 0.25) is 11.9 Å². The van der Waals surface area contributed by atoms with E-state index in [4.69, 9.17) is 10.5 Å². The number of esters is 1. The number of nitrogens with two attached hydrogens (primary N) is 1. The highest BCUT2D eigenvalue weighted by molar-refractivity contribution is 7.20. The predicted octanol–water partition coefficient (Wildman–Crippen LogP) is 1.68. The summed E-state index contributed by atoms with van der Waals surface area (Å²) in [5, 5.41) is 0.497. The highest BCUT2D eigenvalue weighted by Crippen LogP contribution is 2.29. The van der Waals surface area contributed by atoms with Gasteiger partial charge < -0.3 is 15.4 Å². The maximum atomic E-state index is 13.0. The van der Waals surface area contributed by atoms with Gasteiger partial charge in [-0.3, -0.25) is 9.36 Å². The minimum atomic E-state index is -0.541. The van der Waals surface area contributed by atoms with Crippen LogP contribution in [0.4, 0.5) is 11.9 Å². The van der Waals surface area contributed by atoms with E-state index >= 15 is 0 Å². The van der Waals surface area contributed by atoms with Gasteiger partial charge in [-0.25, -0.2) is 9.78 Å². The van der Waals surface area contributed by atoms with Gasteiger partial charge in [-0.05, 0) is 25.3 Å².